The molecule has 0 aromatic rings. The molecule has 0 spiro atoms. The Morgan fingerprint density at radius 2 is 2.14 bits per heavy atom. The van der Waals surface area contributed by atoms with Crippen molar-refractivity contribution in [2.24, 2.45) is 5.92 Å². The topological polar surface area (TPSA) is 58.6 Å². The van der Waals surface area contributed by atoms with Crippen molar-refractivity contribution in [3.05, 3.63) is 0 Å². The average Bonchev–Trinajstić information content (AvgIpc) is 2.14. The van der Waals surface area contributed by atoms with Crippen LogP contribution in [0.2, 0.25) is 0 Å². The highest BCUT2D eigenvalue weighted by Crippen LogP contribution is 2.07. The molecule has 0 aromatic carbocycles. The van der Waals surface area contributed by atoms with Crippen molar-refractivity contribution in [3.63, 3.8) is 0 Å². The first-order valence-electron chi connectivity index (χ1n) is 4.88. The van der Waals surface area contributed by atoms with Crippen molar-refractivity contribution in [2.45, 2.75) is 32.8 Å². The van der Waals surface area contributed by atoms with Gasteiger partial charge in [0.1, 0.15) is 5.60 Å². The van der Waals surface area contributed by atoms with E-state index < -0.39 is 5.60 Å². The van der Waals surface area contributed by atoms with Crippen LogP contribution < -0.4 is 5.32 Å². The molecular formula is C10H21NO3. The van der Waals surface area contributed by atoms with Crippen LogP contribution in [0.3, 0.4) is 0 Å². The monoisotopic (exact) mass is 203 g/mol. The zero-order chi connectivity index (χ0) is 11.2. The zero-order valence-corrected chi connectivity index (χ0v) is 9.46. The molecule has 0 bridgehead atoms. The lowest BCUT2D eigenvalue weighted by atomic mass is 10.1. The summed E-state index contributed by atoms with van der Waals surface area (Å²) in [5.41, 5.74) is -0.779. The first kappa shape index (κ1) is 13.4. The summed E-state index contributed by atoms with van der Waals surface area (Å²) in [5, 5.41) is 11.5. The van der Waals surface area contributed by atoms with E-state index in [9.17, 15) is 4.79 Å². The third kappa shape index (κ3) is 4.58. The minimum Gasteiger partial charge on any atom is -0.396 e. The van der Waals surface area contributed by atoms with Crippen LogP contribution in [0, 0.1) is 5.92 Å². The van der Waals surface area contributed by atoms with Gasteiger partial charge in [0.05, 0.1) is 0 Å². The van der Waals surface area contributed by atoms with Crippen LogP contribution >= 0.6 is 0 Å². The standard InChI is InChI=1S/C10H21NO3/c1-8(5-6-12)7-11-9(13)10(2,3)14-4/h8,12H,5-7H2,1-4H3,(H,11,13). The van der Waals surface area contributed by atoms with Crippen LogP contribution in [0.25, 0.3) is 0 Å². The van der Waals surface area contributed by atoms with Gasteiger partial charge in [0, 0.05) is 20.3 Å². The molecule has 0 saturated heterocycles. The Morgan fingerprint density at radius 1 is 1.57 bits per heavy atom. The van der Waals surface area contributed by atoms with Gasteiger partial charge in [-0.15, -0.1) is 0 Å². The number of carbonyl (C=O) groups is 1. The highest BCUT2D eigenvalue weighted by molar-refractivity contribution is 5.84. The third-order valence-electron chi connectivity index (χ3n) is 2.29. The second kappa shape index (κ2) is 5.98. The third-order valence-corrected chi connectivity index (χ3v) is 2.29. The van der Waals surface area contributed by atoms with Crippen molar-refractivity contribution in [1.29, 1.82) is 0 Å². The van der Waals surface area contributed by atoms with Gasteiger partial charge in [-0.1, -0.05) is 6.92 Å². The van der Waals surface area contributed by atoms with Gasteiger partial charge in [0.2, 0.25) is 0 Å². The number of carbonyl (C=O) groups excluding carboxylic acids is 1. The van der Waals surface area contributed by atoms with Gasteiger partial charge < -0.3 is 15.2 Å². The molecule has 0 aliphatic rings. The predicted molar refractivity (Wildman–Crippen MR) is 55.0 cm³/mol. The van der Waals surface area contributed by atoms with Gasteiger partial charge in [0.25, 0.3) is 5.91 Å². The first-order chi connectivity index (χ1) is 6.44. The minimum atomic E-state index is -0.779. The lowest BCUT2D eigenvalue weighted by molar-refractivity contribution is -0.139. The summed E-state index contributed by atoms with van der Waals surface area (Å²) in [6.45, 7) is 6.16. The summed E-state index contributed by atoms with van der Waals surface area (Å²) >= 11 is 0. The maximum atomic E-state index is 11.5. The van der Waals surface area contributed by atoms with Crippen LogP contribution in [0.1, 0.15) is 27.2 Å². The molecule has 0 fully saturated rings. The molecule has 0 heterocycles. The van der Waals surface area contributed by atoms with Gasteiger partial charge >= 0.3 is 0 Å². The molecule has 0 rings (SSSR count). The highest BCUT2D eigenvalue weighted by Gasteiger charge is 2.26. The molecule has 4 nitrogen and oxygen atoms in total. The Balaban J connectivity index is 3.85. The van der Waals surface area contributed by atoms with Crippen molar-refractivity contribution in [1.82, 2.24) is 5.32 Å². The largest absolute Gasteiger partial charge is 0.396 e. The lowest BCUT2D eigenvalue weighted by Crippen LogP contribution is -2.44. The maximum Gasteiger partial charge on any atom is 0.251 e. The number of nitrogens with one attached hydrogen (secondary N) is 1. The quantitative estimate of drug-likeness (QED) is 0.662. The Hall–Kier alpha value is -0.610. The van der Waals surface area contributed by atoms with Crippen molar-refractivity contribution in [3.8, 4) is 0 Å². The molecule has 4 heteroatoms. The van der Waals surface area contributed by atoms with Gasteiger partial charge in [0.15, 0.2) is 0 Å². The fourth-order valence-electron chi connectivity index (χ4n) is 0.895. The summed E-state index contributed by atoms with van der Waals surface area (Å²) in [4.78, 5) is 11.5. The Labute approximate surface area is 85.6 Å². The second-order valence-electron chi connectivity index (χ2n) is 4.04. The van der Waals surface area contributed by atoms with E-state index in [0.717, 1.165) is 0 Å². The number of hydrogen-bond donors (Lipinski definition) is 2. The van der Waals surface area contributed by atoms with Gasteiger partial charge in [-0.3, -0.25) is 4.79 Å². The molecule has 1 amide bonds. The van der Waals surface area contributed by atoms with Gasteiger partial charge in [-0.2, -0.15) is 0 Å². The van der Waals surface area contributed by atoms with E-state index in [-0.39, 0.29) is 18.4 Å². The molecule has 84 valence electrons. The van der Waals surface area contributed by atoms with Crippen LogP contribution in [0.4, 0.5) is 0 Å². The van der Waals surface area contributed by atoms with E-state index in [1.54, 1.807) is 13.8 Å². The molecule has 2 N–H and O–H groups in total. The van der Waals surface area contributed by atoms with Crippen molar-refractivity contribution >= 4 is 5.91 Å². The summed E-state index contributed by atoms with van der Waals surface area (Å²) in [6, 6.07) is 0. The summed E-state index contributed by atoms with van der Waals surface area (Å²) in [7, 11) is 1.51. The number of rotatable bonds is 6. The fraction of sp³-hybridized carbons (Fsp3) is 0.900. The minimum absolute atomic E-state index is 0.121. The second-order valence-corrected chi connectivity index (χ2v) is 4.04. The Bertz CT molecular complexity index is 180. The molecule has 0 saturated carbocycles. The Kier molecular flexibility index (Phi) is 5.72. The normalized spacial score (nSPS) is 13.8. The molecule has 0 aliphatic heterocycles. The molecule has 0 aromatic heterocycles. The number of aliphatic hydroxyl groups excluding tert-OH is 1. The molecular weight excluding hydrogens is 182 g/mol. The van der Waals surface area contributed by atoms with Crippen LogP contribution in [0.15, 0.2) is 0 Å². The van der Waals surface area contributed by atoms with E-state index in [2.05, 4.69) is 5.32 Å². The van der Waals surface area contributed by atoms with E-state index >= 15 is 0 Å². The summed E-state index contributed by atoms with van der Waals surface area (Å²) in [6.07, 6.45) is 0.702. The number of hydrogen-bond acceptors (Lipinski definition) is 3. The maximum absolute atomic E-state index is 11.5. The summed E-state index contributed by atoms with van der Waals surface area (Å²) < 4.78 is 5.03. The van der Waals surface area contributed by atoms with Crippen molar-refractivity contribution < 1.29 is 14.6 Å². The predicted octanol–water partition coefficient (Wildman–Crippen LogP) is 0.546. The van der Waals surface area contributed by atoms with Gasteiger partial charge in [-0.05, 0) is 26.2 Å². The number of aliphatic hydroxyl groups is 1. The van der Waals surface area contributed by atoms with Crippen molar-refractivity contribution in [2.75, 3.05) is 20.3 Å². The molecule has 1 unspecified atom stereocenters. The van der Waals surface area contributed by atoms with Crippen LogP contribution in [-0.2, 0) is 9.53 Å². The fourth-order valence-corrected chi connectivity index (χ4v) is 0.895. The highest BCUT2D eigenvalue weighted by atomic mass is 16.5. The van der Waals surface area contributed by atoms with Crippen LogP contribution in [-0.4, -0.2) is 36.9 Å². The number of ether oxygens (including phenoxy) is 1. The van der Waals surface area contributed by atoms with E-state index in [4.69, 9.17) is 9.84 Å². The van der Waals surface area contributed by atoms with Gasteiger partial charge in [-0.25, -0.2) is 0 Å². The number of methoxy groups -OCH3 is 1. The van der Waals surface area contributed by atoms with E-state index in [1.807, 2.05) is 6.92 Å². The smallest absolute Gasteiger partial charge is 0.251 e. The van der Waals surface area contributed by atoms with Crippen LogP contribution in [0.5, 0.6) is 0 Å². The molecule has 1 atom stereocenters. The van der Waals surface area contributed by atoms with E-state index in [0.29, 0.717) is 13.0 Å². The Morgan fingerprint density at radius 3 is 2.57 bits per heavy atom. The SMILES string of the molecule is COC(C)(C)C(=O)NCC(C)CCO. The van der Waals surface area contributed by atoms with E-state index in [1.165, 1.54) is 7.11 Å². The average molecular weight is 203 g/mol. The molecule has 14 heavy (non-hydrogen) atoms. The molecule has 0 aliphatic carbocycles. The lowest BCUT2D eigenvalue weighted by Gasteiger charge is -2.22. The first-order valence-corrected chi connectivity index (χ1v) is 4.88. The zero-order valence-electron chi connectivity index (χ0n) is 9.46. The number of amides is 1. The molecule has 0 radical (unpaired) electrons. The summed E-state index contributed by atoms with van der Waals surface area (Å²) in [5.74, 6) is 0.168.